The molecular formula is C4H11NO3. The zero-order chi connectivity index (χ0) is 6.41. The van der Waals surface area contributed by atoms with Gasteiger partial charge in [-0.05, 0) is 0 Å². The van der Waals surface area contributed by atoms with Crippen molar-refractivity contribution in [1.82, 2.24) is 0 Å². The van der Waals surface area contributed by atoms with E-state index in [1.54, 1.807) is 0 Å². The molecule has 0 heterocycles. The summed E-state index contributed by atoms with van der Waals surface area (Å²) in [7, 11) is 0. The van der Waals surface area contributed by atoms with Crippen molar-refractivity contribution in [3.63, 3.8) is 0 Å². The first-order chi connectivity index (χ1) is 3.81. The highest BCUT2D eigenvalue weighted by molar-refractivity contribution is 4.39. The van der Waals surface area contributed by atoms with Crippen molar-refractivity contribution in [3.8, 4) is 0 Å². The number of ether oxygens (including phenoxy) is 1. The molecule has 0 saturated carbocycles. The number of hydrogen-bond acceptors (Lipinski definition) is 4. The van der Waals surface area contributed by atoms with Gasteiger partial charge >= 0.3 is 0 Å². The lowest BCUT2D eigenvalue weighted by atomic mass is 10.6. The Morgan fingerprint density at radius 1 is 1.50 bits per heavy atom. The topological polar surface area (TPSA) is 75.7 Å². The minimum atomic E-state index is -0.651. The molecule has 1 atom stereocenters. The molecule has 4 N–H and O–H groups in total. The third kappa shape index (κ3) is 4.01. The van der Waals surface area contributed by atoms with Crippen LogP contribution in [0.1, 0.15) is 0 Å². The van der Waals surface area contributed by atoms with Gasteiger partial charge in [0.15, 0.2) is 0 Å². The van der Waals surface area contributed by atoms with Gasteiger partial charge in [-0.25, -0.2) is 0 Å². The lowest BCUT2D eigenvalue weighted by Crippen LogP contribution is -2.28. The Hall–Kier alpha value is -0.160. The molecule has 4 heteroatoms. The van der Waals surface area contributed by atoms with Gasteiger partial charge in [0.25, 0.3) is 0 Å². The summed E-state index contributed by atoms with van der Waals surface area (Å²) in [6, 6.07) is 0. The zero-order valence-electron chi connectivity index (χ0n) is 4.58. The number of aliphatic hydroxyl groups is 2. The molecule has 1 unspecified atom stereocenters. The van der Waals surface area contributed by atoms with Crippen molar-refractivity contribution >= 4 is 0 Å². The summed E-state index contributed by atoms with van der Waals surface area (Å²) >= 11 is 0. The van der Waals surface area contributed by atoms with Crippen molar-refractivity contribution in [3.05, 3.63) is 0 Å². The van der Waals surface area contributed by atoms with Crippen LogP contribution in [0.15, 0.2) is 0 Å². The van der Waals surface area contributed by atoms with Gasteiger partial charge < -0.3 is 20.7 Å². The van der Waals surface area contributed by atoms with Gasteiger partial charge in [0, 0.05) is 0 Å². The van der Waals surface area contributed by atoms with Crippen LogP contribution in [0.5, 0.6) is 0 Å². The number of aliphatic hydroxyl groups excluding tert-OH is 2. The smallest absolute Gasteiger partial charge is 0.129 e. The molecule has 0 aromatic rings. The average molecular weight is 121 g/mol. The SMILES string of the molecule is NC(CO)OCCO. The van der Waals surface area contributed by atoms with Gasteiger partial charge in [-0.3, -0.25) is 0 Å². The largest absolute Gasteiger partial charge is 0.394 e. The molecule has 8 heavy (non-hydrogen) atoms. The fraction of sp³-hybridized carbons (Fsp3) is 1.00. The van der Waals surface area contributed by atoms with Crippen molar-refractivity contribution in [2.24, 2.45) is 5.73 Å². The molecule has 0 spiro atoms. The Morgan fingerprint density at radius 3 is 2.50 bits per heavy atom. The van der Waals surface area contributed by atoms with E-state index in [1.165, 1.54) is 0 Å². The molecule has 0 aromatic heterocycles. The molecule has 50 valence electrons. The van der Waals surface area contributed by atoms with Crippen molar-refractivity contribution < 1.29 is 14.9 Å². The predicted octanol–water partition coefficient (Wildman–Crippen LogP) is -1.73. The van der Waals surface area contributed by atoms with Crippen LogP contribution < -0.4 is 5.73 Å². The third-order valence-electron chi connectivity index (χ3n) is 0.603. The first-order valence-electron chi connectivity index (χ1n) is 2.40. The van der Waals surface area contributed by atoms with E-state index in [0.29, 0.717) is 0 Å². The Kier molecular flexibility index (Phi) is 4.89. The van der Waals surface area contributed by atoms with E-state index in [0.717, 1.165) is 0 Å². The van der Waals surface area contributed by atoms with Crippen LogP contribution in [-0.4, -0.2) is 36.3 Å². The van der Waals surface area contributed by atoms with Gasteiger partial charge in [-0.2, -0.15) is 0 Å². The quantitative estimate of drug-likeness (QED) is 0.386. The summed E-state index contributed by atoms with van der Waals surface area (Å²) in [6.07, 6.45) is -0.651. The molecule has 0 aliphatic carbocycles. The summed E-state index contributed by atoms with van der Waals surface area (Å²) in [6.45, 7) is -0.0879. The second-order valence-electron chi connectivity index (χ2n) is 1.32. The second kappa shape index (κ2) is 4.99. The molecule has 0 aliphatic heterocycles. The van der Waals surface area contributed by atoms with Crippen LogP contribution in [0.25, 0.3) is 0 Å². The Balaban J connectivity index is 2.86. The fourth-order valence-corrected chi connectivity index (χ4v) is 0.257. The van der Waals surface area contributed by atoms with E-state index >= 15 is 0 Å². The van der Waals surface area contributed by atoms with Crippen LogP contribution >= 0.6 is 0 Å². The Morgan fingerprint density at radius 2 is 2.12 bits per heavy atom. The third-order valence-corrected chi connectivity index (χ3v) is 0.603. The fourth-order valence-electron chi connectivity index (χ4n) is 0.257. The summed E-state index contributed by atoms with van der Waals surface area (Å²) in [5.74, 6) is 0. The van der Waals surface area contributed by atoms with E-state index in [-0.39, 0.29) is 19.8 Å². The Bertz CT molecular complexity index is 50.5. The molecular weight excluding hydrogens is 110 g/mol. The van der Waals surface area contributed by atoms with Gasteiger partial charge in [0.2, 0.25) is 0 Å². The summed E-state index contributed by atoms with van der Waals surface area (Å²) in [5, 5.41) is 16.4. The van der Waals surface area contributed by atoms with Crippen molar-refractivity contribution in [2.45, 2.75) is 6.23 Å². The van der Waals surface area contributed by atoms with Gasteiger partial charge in [-0.1, -0.05) is 0 Å². The van der Waals surface area contributed by atoms with Gasteiger partial charge in [0.1, 0.15) is 6.23 Å². The molecule has 0 fully saturated rings. The maximum absolute atomic E-state index is 8.23. The molecule has 0 bridgehead atoms. The zero-order valence-corrected chi connectivity index (χ0v) is 4.58. The lowest BCUT2D eigenvalue weighted by molar-refractivity contribution is 0.000474. The van der Waals surface area contributed by atoms with E-state index < -0.39 is 6.23 Å². The van der Waals surface area contributed by atoms with Crippen LogP contribution in [0.3, 0.4) is 0 Å². The predicted molar refractivity (Wildman–Crippen MR) is 28.1 cm³/mol. The number of nitrogens with two attached hydrogens (primary N) is 1. The summed E-state index contributed by atoms with van der Waals surface area (Å²) in [5.41, 5.74) is 5.08. The molecule has 0 amide bonds. The van der Waals surface area contributed by atoms with E-state index in [9.17, 15) is 0 Å². The standard InChI is InChI=1S/C4H11NO3/c5-4(3-7)8-2-1-6/h4,6-7H,1-3,5H2. The second-order valence-corrected chi connectivity index (χ2v) is 1.32. The molecule has 4 nitrogen and oxygen atoms in total. The minimum absolute atomic E-state index is 0.0618. The summed E-state index contributed by atoms with van der Waals surface area (Å²) in [4.78, 5) is 0. The van der Waals surface area contributed by atoms with E-state index in [2.05, 4.69) is 4.74 Å². The van der Waals surface area contributed by atoms with Crippen molar-refractivity contribution in [1.29, 1.82) is 0 Å². The van der Waals surface area contributed by atoms with Crippen LogP contribution in [0.2, 0.25) is 0 Å². The van der Waals surface area contributed by atoms with E-state index in [1.807, 2.05) is 0 Å². The Labute approximate surface area is 47.9 Å². The molecule has 0 radical (unpaired) electrons. The van der Waals surface area contributed by atoms with Gasteiger partial charge in [0.05, 0.1) is 19.8 Å². The van der Waals surface area contributed by atoms with Crippen LogP contribution in [0, 0.1) is 0 Å². The summed E-state index contributed by atoms with van der Waals surface area (Å²) < 4.78 is 4.62. The maximum Gasteiger partial charge on any atom is 0.129 e. The number of hydrogen-bond donors (Lipinski definition) is 3. The normalized spacial score (nSPS) is 13.9. The lowest BCUT2D eigenvalue weighted by Gasteiger charge is -2.06. The average Bonchev–Trinajstić information content (AvgIpc) is 1.83. The van der Waals surface area contributed by atoms with Crippen LogP contribution in [0.4, 0.5) is 0 Å². The van der Waals surface area contributed by atoms with Crippen LogP contribution in [-0.2, 0) is 4.74 Å². The highest BCUT2D eigenvalue weighted by Gasteiger charge is 1.95. The van der Waals surface area contributed by atoms with Gasteiger partial charge in [-0.15, -0.1) is 0 Å². The molecule has 0 rings (SSSR count). The first-order valence-corrected chi connectivity index (χ1v) is 2.40. The highest BCUT2D eigenvalue weighted by Crippen LogP contribution is 1.77. The molecule has 0 saturated heterocycles. The van der Waals surface area contributed by atoms with E-state index in [4.69, 9.17) is 15.9 Å². The van der Waals surface area contributed by atoms with Crippen molar-refractivity contribution in [2.75, 3.05) is 19.8 Å². The monoisotopic (exact) mass is 121 g/mol. The maximum atomic E-state index is 8.23. The number of rotatable bonds is 4. The first kappa shape index (κ1) is 7.84. The molecule has 0 aliphatic rings. The minimum Gasteiger partial charge on any atom is -0.394 e. The highest BCUT2D eigenvalue weighted by atomic mass is 16.5. The molecule has 0 aromatic carbocycles.